The molecule has 1 aliphatic rings. The quantitative estimate of drug-likeness (QED) is 0.841. The topological polar surface area (TPSA) is 43.8 Å². The number of piperidine rings is 1. The summed E-state index contributed by atoms with van der Waals surface area (Å²) in [5, 5.41) is 11.1. The van der Waals surface area contributed by atoms with Gasteiger partial charge in [-0.25, -0.2) is 0 Å². The Morgan fingerprint density at radius 2 is 2.08 bits per heavy atom. The molecule has 0 radical (unpaired) electrons. The Morgan fingerprint density at radius 3 is 2.71 bits per heavy atom. The molecule has 4 nitrogen and oxygen atoms in total. The predicted molar refractivity (Wildman–Crippen MR) is 100 cm³/mol. The van der Waals surface area contributed by atoms with Gasteiger partial charge in [-0.2, -0.15) is 0 Å². The number of carbonyl (C=O) groups is 1. The van der Waals surface area contributed by atoms with E-state index in [-0.39, 0.29) is 6.54 Å². The van der Waals surface area contributed by atoms with Crippen LogP contribution in [0.3, 0.4) is 0 Å². The Morgan fingerprint density at radius 1 is 1.38 bits per heavy atom. The third-order valence-electron chi connectivity index (χ3n) is 4.79. The first-order valence-corrected chi connectivity index (χ1v) is 9.62. The zero-order valence-corrected chi connectivity index (χ0v) is 15.4. The molecule has 0 aliphatic carbocycles. The summed E-state index contributed by atoms with van der Waals surface area (Å²) in [6, 6.07) is 8.64. The lowest BCUT2D eigenvalue weighted by Crippen LogP contribution is -2.46. The minimum absolute atomic E-state index is 0.142. The second-order valence-electron chi connectivity index (χ2n) is 6.30. The number of rotatable bonds is 6. The molecule has 2 heterocycles. The van der Waals surface area contributed by atoms with Crippen LogP contribution in [0.4, 0.5) is 0 Å². The fraction of sp³-hybridized carbons (Fsp3) is 0.500. The van der Waals surface area contributed by atoms with Gasteiger partial charge in [-0.3, -0.25) is 14.6 Å². The van der Waals surface area contributed by atoms with Crippen molar-refractivity contribution in [2.75, 3.05) is 26.2 Å². The van der Waals surface area contributed by atoms with Crippen LogP contribution in [-0.4, -0.2) is 53.1 Å². The monoisotopic (exact) mass is 366 g/mol. The van der Waals surface area contributed by atoms with E-state index in [2.05, 4.69) is 21.9 Å². The molecule has 0 spiro atoms. The maximum atomic E-state index is 11.0. The number of hydrogen-bond acceptors (Lipinski definition) is 4. The van der Waals surface area contributed by atoms with Gasteiger partial charge in [0.15, 0.2) is 0 Å². The standard InChI is InChI=1S/C18H23ClN2O2S/c1-2-21(12-17(22)23)13-7-9-20(10-8-13)11-16-18(19)14-5-3-4-6-15(14)24-16/h3-6,13H,2,7-12H2,1H3,(H,22,23). The molecular weight excluding hydrogens is 344 g/mol. The summed E-state index contributed by atoms with van der Waals surface area (Å²) in [4.78, 5) is 16.7. The number of benzene rings is 1. The van der Waals surface area contributed by atoms with Gasteiger partial charge < -0.3 is 5.11 Å². The fourth-order valence-corrected chi connectivity index (χ4v) is 5.02. The number of aliphatic carboxylic acids is 1. The summed E-state index contributed by atoms with van der Waals surface area (Å²) < 4.78 is 1.24. The average molecular weight is 367 g/mol. The number of hydrogen-bond donors (Lipinski definition) is 1. The molecular formula is C18H23ClN2O2S. The maximum absolute atomic E-state index is 11.0. The molecule has 0 amide bonds. The Kier molecular flexibility index (Phi) is 5.76. The summed E-state index contributed by atoms with van der Waals surface area (Å²) in [6.45, 7) is 5.83. The summed E-state index contributed by atoms with van der Waals surface area (Å²) in [6.07, 6.45) is 2.03. The Balaban J connectivity index is 1.60. The van der Waals surface area contributed by atoms with E-state index in [1.165, 1.54) is 9.58 Å². The number of carboxylic acids is 1. The van der Waals surface area contributed by atoms with Crippen molar-refractivity contribution in [2.24, 2.45) is 0 Å². The molecule has 1 aromatic carbocycles. The van der Waals surface area contributed by atoms with E-state index in [0.717, 1.165) is 49.4 Å². The molecule has 0 bridgehead atoms. The van der Waals surface area contributed by atoms with Gasteiger partial charge >= 0.3 is 5.97 Å². The third kappa shape index (κ3) is 3.91. The van der Waals surface area contributed by atoms with Crippen LogP contribution in [0.25, 0.3) is 10.1 Å². The van der Waals surface area contributed by atoms with Gasteiger partial charge in [0, 0.05) is 40.6 Å². The van der Waals surface area contributed by atoms with Gasteiger partial charge in [-0.05, 0) is 25.5 Å². The lowest BCUT2D eigenvalue weighted by molar-refractivity contribution is -0.139. The lowest BCUT2D eigenvalue weighted by atomic mass is 10.0. The van der Waals surface area contributed by atoms with E-state index in [9.17, 15) is 4.79 Å². The van der Waals surface area contributed by atoms with E-state index in [1.807, 2.05) is 19.1 Å². The highest BCUT2D eigenvalue weighted by Gasteiger charge is 2.25. The highest BCUT2D eigenvalue weighted by Crippen LogP contribution is 2.36. The van der Waals surface area contributed by atoms with E-state index in [4.69, 9.17) is 16.7 Å². The molecule has 0 saturated carbocycles. The number of halogens is 1. The number of likely N-dealkylation sites (N-methyl/N-ethyl adjacent to an activating group) is 1. The molecule has 1 saturated heterocycles. The molecule has 1 fully saturated rings. The molecule has 1 aliphatic heterocycles. The normalized spacial score (nSPS) is 17.0. The molecule has 24 heavy (non-hydrogen) atoms. The smallest absolute Gasteiger partial charge is 0.317 e. The van der Waals surface area contributed by atoms with E-state index >= 15 is 0 Å². The van der Waals surface area contributed by atoms with Crippen LogP contribution in [0.15, 0.2) is 24.3 Å². The summed E-state index contributed by atoms with van der Waals surface area (Å²) in [5.74, 6) is -0.740. The van der Waals surface area contributed by atoms with Gasteiger partial charge in [0.1, 0.15) is 0 Å². The largest absolute Gasteiger partial charge is 0.480 e. The van der Waals surface area contributed by atoms with Crippen LogP contribution < -0.4 is 0 Å². The second-order valence-corrected chi connectivity index (χ2v) is 7.81. The van der Waals surface area contributed by atoms with Gasteiger partial charge in [0.2, 0.25) is 0 Å². The van der Waals surface area contributed by atoms with Crippen molar-refractivity contribution in [1.82, 2.24) is 9.80 Å². The molecule has 6 heteroatoms. The van der Waals surface area contributed by atoms with Crippen LogP contribution in [-0.2, 0) is 11.3 Å². The maximum Gasteiger partial charge on any atom is 0.317 e. The van der Waals surface area contributed by atoms with Crippen molar-refractivity contribution in [3.05, 3.63) is 34.2 Å². The van der Waals surface area contributed by atoms with Crippen molar-refractivity contribution < 1.29 is 9.90 Å². The van der Waals surface area contributed by atoms with Gasteiger partial charge in [0.05, 0.1) is 11.6 Å². The molecule has 1 N–H and O–H groups in total. The van der Waals surface area contributed by atoms with Crippen LogP contribution in [0.5, 0.6) is 0 Å². The van der Waals surface area contributed by atoms with Crippen molar-refractivity contribution in [1.29, 1.82) is 0 Å². The summed E-state index contributed by atoms with van der Waals surface area (Å²) >= 11 is 8.32. The highest BCUT2D eigenvalue weighted by molar-refractivity contribution is 7.19. The van der Waals surface area contributed by atoms with Crippen LogP contribution in [0, 0.1) is 0 Å². The number of likely N-dealkylation sites (tertiary alicyclic amines) is 1. The van der Waals surface area contributed by atoms with Crippen molar-refractivity contribution in [2.45, 2.75) is 32.4 Å². The van der Waals surface area contributed by atoms with Crippen molar-refractivity contribution in [3.8, 4) is 0 Å². The summed E-state index contributed by atoms with van der Waals surface area (Å²) in [5.41, 5.74) is 0. The number of nitrogens with zero attached hydrogens (tertiary/aromatic N) is 2. The molecule has 3 rings (SSSR count). The first kappa shape index (κ1) is 17.7. The average Bonchev–Trinajstić information content (AvgIpc) is 2.90. The van der Waals surface area contributed by atoms with E-state index in [1.54, 1.807) is 11.3 Å². The molecule has 1 aromatic heterocycles. The van der Waals surface area contributed by atoms with Gasteiger partial charge in [-0.1, -0.05) is 36.7 Å². The fourth-order valence-electron chi connectivity index (χ4n) is 3.48. The minimum Gasteiger partial charge on any atom is -0.480 e. The zero-order valence-electron chi connectivity index (χ0n) is 13.9. The first-order chi connectivity index (χ1) is 11.6. The highest BCUT2D eigenvalue weighted by atomic mass is 35.5. The van der Waals surface area contributed by atoms with Crippen molar-refractivity contribution >= 4 is 39.0 Å². The number of fused-ring (bicyclic) bond motifs is 1. The second kappa shape index (κ2) is 7.83. The number of thiophene rings is 1. The first-order valence-electron chi connectivity index (χ1n) is 8.42. The zero-order chi connectivity index (χ0) is 17.1. The molecule has 0 atom stereocenters. The van der Waals surface area contributed by atoms with Gasteiger partial charge in [-0.15, -0.1) is 11.3 Å². The van der Waals surface area contributed by atoms with E-state index in [0.29, 0.717) is 6.04 Å². The lowest BCUT2D eigenvalue weighted by Gasteiger charge is -2.37. The summed E-state index contributed by atoms with van der Waals surface area (Å²) in [7, 11) is 0. The molecule has 130 valence electrons. The van der Waals surface area contributed by atoms with Crippen LogP contribution >= 0.6 is 22.9 Å². The molecule has 0 unspecified atom stereocenters. The Bertz CT molecular complexity index is 710. The Hall–Kier alpha value is -1.14. The molecule has 2 aromatic rings. The van der Waals surface area contributed by atoms with Crippen molar-refractivity contribution in [3.63, 3.8) is 0 Å². The van der Waals surface area contributed by atoms with Crippen LogP contribution in [0.2, 0.25) is 5.02 Å². The minimum atomic E-state index is -0.740. The predicted octanol–water partition coefficient (Wildman–Crippen LogP) is 3.93. The number of carboxylic acid groups (broad SMARTS) is 1. The van der Waals surface area contributed by atoms with Gasteiger partial charge in [0.25, 0.3) is 0 Å². The van der Waals surface area contributed by atoms with E-state index < -0.39 is 5.97 Å². The van der Waals surface area contributed by atoms with Crippen LogP contribution in [0.1, 0.15) is 24.6 Å². The Labute approximate surface area is 151 Å². The SMILES string of the molecule is CCN(CC(=O)O)C1CCN(Cc2sc3ccccc3c2Cl)CC1. The third-order valence-corrected chi connectivity index (χ3v) is 6.49.